The summed E-state index contributed by atoms with van der Waals surface area (Å²) in [5.74, 6) is 0.931. The summed E-state index contributed by atoms with van der Waals surface area (Å²) in [5.41, 5.74) is 6.41. The molecule has 7 heteroatoms. The molecule has 0 saturated carbocycles. The minimum Gasteiger partial charge on any atom is -0.340 e. The van der Waals surface area contributed by atoms with Gasteiger partial charge in [-0.1, -0.05) is 32.9 Å². The van der Waals surface area contributed by atoms with Crippen LogP contribution in [-0.2, 0) is 6.54 Å². The lowest BCUT2D eigenvalue weighted by molar-refractivity contribution is 0.0783. The zero-order valence-electron chi connectivity index (χ0n) is 14.3. The zero-order valence-corrected chi connectivity index (χ0v) is 15.1. The fraction of sp³-hybridized carbons (Fsp3) is 0.800. The maximum Gasteiger partial charge on any atom is 0.275 e. The average molecular weight is 332 g/mol. The normalized spacial score (nSPS) is 12.4. The summed E-state index contributed by atoms with van der Waals surface area (Å²) in [5, 5.41) is 7.98. The number of carbonyl (C=O) groups excluding carboxylic acids is 1. The van der Waals surface area contributed by atoms with Crippen LogP contribution in [0.3, 0.4) is 0 Å². The number of carbonyl (C=O) groups is 1. The molecule has 1 atom stereocenters. The Morgan fingerprint density at radius 3 is 2.50 bits per heavy atom. The van der Waals surface area contributed by atoms with E-state index in [2.05, 4.69) is 38.0 Å². The first-order chi connectivity index (χ1) is 9.81. The maximum absolute atomic E-state index is 12.2. The summed E-state index contributed by atoms with van der Waals surface area (Å²) in [6.07, 6.45) is 3.54. The largest absolute Gasteiger partial charge is 0.340 e. The predicted octanol–water partition coefficient (Wildman–Crippen LogP) is 2.19. The molecule has 1 unspecified atom stereocenters. The van der Waals surface area contributed by atoms with Gasteiger partial charge in [0.15, 0.2) is 5.69 Å². The lowest BCUT2D eigenvalue weighted by Gasteiger charge is -2.20. The van der Waals surface area contributed by atoms with Crippen molar-refractivity contribution >= 4 is 18.3 Å². The van der Waals surface area contributed by atoms with E-state index in [9.17, 15) is 4.79 Å². The summed E-state index contributed by atoms with van der Waals surface area (Å²) in [7, 11) is 1.78. The van der Waals surface area contributed by atoms with Gasteiger partial charge >= 0.3 is 0 Å². The van der Waals surface area contributed by atoms with Gasteiger partial charge in [-0.25, -0.2) is 0 Å². The van der Waals surface area contributed by atoms with Crippen LogP contribution in [0.15, 0.2) is 6.20 Å². The molecular formula is C15H30ClN5O. The zero-order chi connectivity index (χ0) is 16.0. The number of hydrogen-bond donors (Lipinski definition) is 1. The maximum atomic E-state index is 12.2. The Balaban J connectivity index is 0.00000441. The third-order valence-corrected chi connectivity index (χ3v) is 3.69. The van der Waals surface area contributed by atoms with Crippen molar-refractivity contribution in [3.8, 4) is 0 Å². The van der Waals surface area contributed by atoms with E-state index in [-0.39, 0.29) is 24.4 Å². The number of amides is 1. The van der Waals surface area contributed by atoms with Crippen molar-refractivity contribution in [3.05, 3.63) is 11.9 Å². The van der Waals surface area contributed by atoms with Crippen molar-refractivity contribution < 1.29 is 4.79 Å². The molecular weight excluding hydrogens is 302 g/mol. The van der Waals surface area contributed by atoms with Crippen molar-refractivity contribution in [2.24, 2.45) is 17.6 Å². The van der Waals surface area contributed by atoms with Gasteiger partial charge in [0, 0.05) is 26.2 Å². The lowest BCUT2D eigenvalue weighted by Crippen LogP contribution is -2.34. The van der Waals surface area contributed by atoms with Crippen LogP contribution < -0.4 is 5.73 Å². The number of aromatic nitrogens is 3. The molecule has 1 amide bonds. The number of halogens is 1. The second kappa shape index (κ2) is 9.79. The van der Waals surface area contributed by atoms with Gasteiger partial charge in [-0.3, -0.25) is 9.48 Å². The van der Waals surface area contributed by atoms with E-state index in [1.807, 2.05) is 0 Å². The molecule has 1 aromatic rings. The average Bonchev–Trinajstić information content (AvgIpc) is 2.89. The molecule has 1 heterocycles. The molecule has 0 aliphatic carbocycles. The summed E-state index contributed by atoms with van der Waals surface area (Å²) in [6.45, 7) is 9.93. The molecule has 22 heavy (non-hydrogen) atoms. The molecule has 0 radical (unpaired) electrons. The van der Waals surface area contributed by atoms with E-state index < -0.39 is 0 Å². The van der Waals surface area contributed by atoms with Gasteiger partial charge in [-0.15, -0.1) is 17.5 Å². The third-order valence-electron chi connectivity index (χ3n) is 3.69. The molecule has 0 spiro atoms. The molecule has 0 fully saturated rings. The van der Waals surface area contributed by atoms with Crippen LogP contribution in [0.1, 0.15) is 51.0 Å². The van der Waals surface area contributed by atoms with Crippen LogP contribution in [0.5, 0.6) is 0 Å². The van der Waals surface area contributed by atoms with Crippen LogP contribution in [0, 0.1) is 11.8 Å². The standard InChI is InChI=1S/C15H29N5O.ClH/c1-11(2)6-9-20-10-14(17-18-20)15(21)19(5)8-7-13(16)12(3)4;/h10-13H,6-9,16H2,1-5H3;1H. The SMILES string of the molecule is CC(C)CCn1cc(C(=O)N(C)CCC(N)C(C)C)nn1.Cl. The Morgan fingerprint density at radius 1 is 1.32 bits per heavy atom. The molecule has 0 aliphatic rings. The Hall–Kier alpha value is -1.14. The fourth-order valence-corrected chi connectivity index (χ4v) is 1.87. The van der Waals surface area contributed by atoms with E-state index >= 15 is 0 Å². The van der Waals surface area contributed by atoms with Crippen LogP contribution in [0.25, 0.3) is 0 Å². The topological polar surface area (TPSA) is 77.0 Å². The van der Waals surface area contributed by atoms with Gasteiger partial charge in [0.1, 0.15) is 0 Å². The van der Waals surface area contributed by atoms with Gasteiger partial charge in [-0.2, -0.15) is 0 Å². The van der Waals surface area contributed by atoms with E-state index in [1.165, 1.54) is 0 Å². The second-order valence-electron chi connectivity index (χ2n) is 6.47. The highest BCUT2D eigenvalue weighted by atomic mass is 35.5. The molecule has 1 aromatic heterocycles. The van der Waals surface area contributed by atoms with Crippen molar-refractivity contribution in [1.82, 2.24) is 19.9 Å². The van der Waals surface area contributed by atoms with Crippen molar-refractivity contribution in [3.63, 3.8) is 0 Å². The number of nitrogens with two attached hydrogens (primary N) is 1. The highest BCUT2D eigenvalue weighted by Gasteiger charge is 2.17. The Bertz CT molecular complexity index is 447. The van der Waals surface area contributed by atoms with Gasteiger partial charge in [-0.05, 0) is 24.7 Å². The Labute approximate surface area is 139 Å². The summed E-state index contributed by atoms with van der Waals surface area (Å²) in [6, 6.07) is 0.113. The van der Waals surface area contributed by atoms with Gasteiger partial charge in [0.2, 0.25) is 0 Å². The molecule has 0 aliphatic heterocycles. The number of aryl methyl sites for hydroxylation is 1. The van der Waals surface area contributed by atoms with Crippen LogP contribution in [-0.4, -0.2) is 45.4 Å². The Kier molecular flexibility index (Phi) is 9.28. The molecule has 0 saturated heterocycles. The lowest BCUT2D eigenvalue weighted by atomic mass is 10.0. The highest BCUT2D eigenvalue weighted by Crippen LogP contribution is 2.07. The molecule has 2 N–H and O–H groups in total. The minimum absolute atomic E-state index is 0. The van der Waals surface area contributed by atoms with Crippen molar-refractivity contribution in [2.45, 2.75) is 53.1 Å². The number of hydrogen-bond acceptors (Lipinski definition) is 4. The fourth-order valence-electron chi connectivity index (χ4n) is 1.87. The van der Waals surface area contributed by atoms with E-state index in [4.69, 9.17) is 5.73 Å². The van der Waals surface area contributed by atoms with Gasteiger partial charge in [0.25, 0.3) is 5.91 Å². The monoisotopic (exact) mass is 331 g/mol. The summed E-state index contributed by atoms with van der Waals surface area (Å²) >= 11 is 0. The molecule has 0 bridgehead atoms. The molecule has 128 valence electrons. The predicted molar refractivity (Wildman–Crippen MR) is 91.1 cm³/mol. The van der Waals surface area contributed by atoms with E-state index in [0.29, 0.717) is 24.1 Å². The molecule has 1 rings (SSSR count). The van der Waals surface area contributed by atoms with Crippen LogP contribution in [0.2, 0.25) is 0 Å². The first-order valence-electron chi connectivity index (χ1n) is 7.72. The number of rotatable bonds is 8. The molecule has 0 aromatic carbocycles. The van der Waals surface area contributed by atoms with Crippen LogP contribution in [0.4, 0.5) is 0 Å². The first kappa shape index (κ1) is 20.9. The molecule has 6 nitrogen and oxygen atoms in total. The van der Waals surface area contributed by atoms with Crippen molar-refractivity contribution in [2.75, 3.05) is 13.6 Å². The van der Waals surface area contributed by atoms with Crippen molar-refractivity contribution in [1.29, 1.82) is 0 Å². The quantitative estimate of drug-likeness (QED) is 0.792. The third kappa shape index (κ3) is 6.75. The highest BCUT2D eigenvalue weighted by molar-refractivity contribution is 5.91. The van der Waals surface area contributed by atoms with Crippen LogP contribution >= 0.6 is 12.4 Å². The summed E-state index contributed by atoms with van der Waals surface area (Å²) in [4.78, 5) is 13.9. The van der Waals surface area contributed by atoms with Gasteiger partial charge in [0.05, 0.1) is 6.20 Å². The Morgan fingerprint density at radius 2 is 1.95 bits per heavy atom. The van der Waals surface area contributed by atoms with E-state index in [1.54, 1.807) is 22.8 Å². The van der Waals surface area contributed by atoms with E-state index in [0.717, 1.165) is 19.4 Å². The first-order valence-corrected chi connectivity index (χ1v) is 7.72. The number of nitrogens with zero attached hydrogens (tertiary/aromatic N) is 4. The smallest absolute Gasteiger partial charge is 0.275 e. The second-order valence-corrected chi connectivity index (χ2v) is 6.47. The minimum atomic E-state index is -0.0956. The van der Waals surface area contributed by atoms with Gasteiger partial charge < -0.3 is 10.6 Å². The summed E-state index contributed by atoms with van der Waals surface area (Å²) < 4.78 is 1.74.